The average Bonchev–Trinajstić information content (AvgIpc) is 3.47. The molecule has 8 heteroatoms. The average molecular weight is 487 g/mol. The lowest BCUT2D eigenvalue weighted by Crippen LogP contribution is -2.36. The molecule has 36 heavy (non-hydrogen) atoms. The molecule has 0 radical (unpaired) electrons. The second-order valence-electron chi connectivity index (χ2n) is 8.96. The minimum atomic E-state index is -0.453. The van der Waals surface area contributed by atoms with Crippen LogP contribution in [0.1, 0.15) is 36.2 Å². The molecule has 0 spiro atoms. The highest BCUT2D eigenvalue weighted by molar-refractivity contribution is 5.99. The Bertz CT molecular complexity index is 1490. The monoisotopic (exact) mass is 486 g/mol. The van der Waals surface area contributed by atoms with E-state index in [1.54, 1.807) is 19.2 Å². The third-order valence-corrected chi connectivity index (χ3v) is 6.96. The Morgan fingerprint density at radius 1 is 1.25 bits per heavy atom. The Morgan fingerprint density at radius 3 is 2.78 bits per heavy atom. The zero-order valence-electron chi connectivity index (χ0n) is 20.8. The van der Waals surface area contributed by atoms with Gasteiger partial charge in [0.05, 0.1) is 54.8 Å². The van der Waals surface area contributed by atoms with Crippen molar-refractivity contribution in [2.24, 2.45) is 0 Å². The number of hydrogen-bond donors (Lipinski definition) is 1. The van der Waals surface area contributed by atoms with Crippen LogP contribution in [0.4, 0.5) is 5.69 Å². The number of terminal acetylenes is 1. The number of aliphatic hydroxyl groups is 1. The highest BCUT2D eigenvalue weighted by Crippen LogP contribution is 2.42. The van der Waals surface area contributed by atoms with Crippen molar-refractivity contribution in [1.82, 2.24) is 14.1 Å². The summed E-state index contributed by atoms with van der Waals surface area (Å²) in [6.07, 6.45) is 7.46. The molecule has 1 unspecified atom stereocenters. The maximum atomic E-state index is 12.3. The Labute approximate surface area is 210 Å². The van der Waals surface area contributed by atoms with Gasteiger partial charge in [0.15, 0.2) is 5.82 Å². The number of imidazole rings is 1. The first-order valence-corrected chi connectivity index (χ1v) is 12.2. The number of nitrogens with zero attached hydrogens (tertiary/aromatic N) is 4. The smallest absolute Gasteiger partial charge is 0.338 e. The lowest BCUT2D eigenvalue weighted by Gasteiger charge is -2.36. The first kappa shape index (κ1) is 23.8. The quantitative estimate of drug-likeness (QED) is 0.296. The Morgan fingerprint density at radius 2 is 2.08 bits per heavy atom. The van der Waals surface area contributed by atoms with E-state index in [2.05, 4.69) is 46.6 Å². The minimum absolute atomic E-state index is 0.168. The van der Waals surface area contributed by atoms with Gasteiger partial charge in [-0.3, -0.25) is 0 Å². The number of esters is 1. The summed E-state index contributed by atoms with van der Waals surface area (Å²) >= 11 is 0. The minimum Gasteiger partial charge on any atom is -0.494 e. The van der Waals surface area contributed by atoms with Gasteiger partial charge < -0.3 is 28.6 Å². The van der Waals surface area contributed by atoms with Gasteiger partial charge in [-0.1, -0.05) is 25.0 Å². The molecule has 1 aliphatic rings. The van der Waals surface area contributed by atoms with Gasteiger partial charge in [-0.25, -0.2) is 9.78 Å². The summed E-state index contributed by atoms with van der Waals surface area (Å²) < 4.78 is 15.0. The van der Waals surface area contributed by atoms with Gasteiger partial charge in [-0.15, -0.1) is 6.42 Å². The van der Waals surface area contributed by atoms with Crippen molar-refractivity contribution in [3.63, 3.8) is 0 Å². The van der Waals surface area contributed by atoms with E-state index in [4.69, 9.17) is 20.9 Å². The van der Waals surface area contributed by atoms with Gasteiger partial charge in [0.25, 0.3) is 0 Å². The van der Waals surface area contributed by atoms with Crippen LogP contribution in [0, 0.1) is 12.3 Å². The number of rotatable bonds is 8. The summed E-state index contributed by atoms with van der Waals surface area (Å²) in [7, 11) is 2.92. The van der Waals surface area contributed by atoms with E-state index in [1.807, 2.05) is 4.57 Å². The van der Waals surface area contributed by atoms with Crippen LogP contribution in [0.5, 0.6) is 5.75 Å². The molecule has 0 saturated heterocycles. The molecule has 4 aromatic rings. The van der Waals surface area contributed by atoms with Crippen molar-refractivity contribution < 1.29 is 19.4 Å². The van der Waals surface area contributed by atoms with Gasteiger partial charge in [0, 0.05) is 25.1 Å². The summed E-state index contributed by atoms with van der Waals surface area (Å²) in [6.45, 7) is 4.30. The van der Waals surface area contributed by atoms with Crippen LogP contribution < -0.4 is 9.64 Å². The molecule has 0 bridgehead atoms. The van der Waals surface area contributed by atoms with E-state index in [-0.39, 0.29) is 12.6 Å². The summed E-state index contributed by atoms with van der Waals surface area (Å²) in [4.78, 5) is 19.7. The first-order valence-electron chi connectivity index (χ1n) is 12.2. The molecule has 1 aliphatic heterocycles. The SMILES string of the molecule is C#CCn1c(-c2cc3cccc4c3n2C(CC)CN4CCCO)nc2cc(C(=O)OC)cc(OC)c21. The fourth-order valence-corrected chi connectivity index (χ4v) is 5.35. The molecular formula is C28H30N4O4. The molecule has 1 N–H and O–H groups in total. The number of carbonyl (C=O) groups is 1. The predicted octanol–water partition coefficient (Wildman–Crippen LogP) is 4.24. The topological polar surface area (TPSA) is 81.8 Å². The van der Waals surface area contributed by atoms with Crippen molar-refractivity contribution >= 4 is 33.6 Å². The van der Waals surface area contributed by atoms with Gasteiger partial charge in [-0.05, 0) is 37.1 Å². The number of aliphatic hydroxyl groups excluding tert-OH is 1. The summed E-state index contributed by atoms with van der Waals surface area (Å²) in [5.41, 5.74) is 5.01. The number of para-hydroxylation sites is 1. The van der Waals surface area contributed by atoms with Crippen molar-refractivity contribution in [1.29, 1.82) is 0 Å². The summed E-state index contributed by atoms with van der Waals surface area (Å²) in [5.74, 6) is 3.55. The number of anilines is 1. The molecule has 186 valence electrons. The molecule has 0 saturated carbocycles. The highest BCUT2D eigenvalue weighted by atomic mass is 16.5. The van der Waals surface area contributed by atoms with Gasteiger partial charge in [-0.2, -0.15) is 0 Å². The van der Waals surface area contributed by atoms with Crippen LogP contribution in [0.3, 0.4) is 0 Å². The summed E-state index contributed by atoms with van der Waals surface area (Å²) in [5, 5.41) is 10.5. The maximum Gasteiger partial charge on any atom is 0.338 e. The van der Waals surface area contributed by atoms with Crippen molar-refractivity contribution in [2.45, 2.75) is 32.4 Å². The first-order chi connectivity index (χ1) is 17.6. The Kier molecular flexibility index (Phi) is 6.33. The molecule has 0 fully saturated rings. The number of aromatic nitrogens is 3. The molecule has 5 rings (SSSR count). The van der Waals surface area contributed by atoms with Crippen LogP contribution in [0.2, 0.25) is 0 Å². The van der Waals surface area contributed by atoms with E-state index in [9.17, 15) is 9.90 Å². The molecular weight excluding hydrogens is 456 g/mol. The maximum absolute atomic E-state index is 12.3. The van der Waals surface area contributed by atoms with E-state index < -0.39 is 5.97 Å². The number of benzene rings is 2. The third kappa shape index (κ3) is 3.67. The number of fused-ring (bicyclic) bond motifs is 1. The zero-order chi connectivity index (χ0) is 25.4. The van der Waals surface area contributed by atoms with Crippen LogP contribution in [0.15, 0.2) is 36.4 Å². The van der Waals surface area contributed by atoms with E-state index in [0.717, 1.165) is 59.6 Å². The van der Waals surface area contributed by atoms with Gasteiger partial charge in [0.1, 0.15) is 11.3 Å². The standard InChI is InChI=1S/C28H30N4O4/c1-5-11-31-26-21(14-19(28(34)36-4)16-24(26)35-3)29-27(31)23-15-18-9-7-10-22-25(18)32(23)20(6-2)17-30(22)12-8-13-33/h1,7,9-10,14-16,20,33H,6,8,11-13,17H2,2-4H3. The molecule has 2 aromatic carbocycles. The number of methoxy groups -OCH3 is 2. The highest BCUT2D eigenvalue weighted by Gasteiger charge is 2.30. The predicted molar refractivity (Wildman–Crippen MR) is 141 cm³/mol. The largest absolute Gasteiger partial charge is 0.494 e. The summed E-state index contributed by atoms with van der Waals surface area (Å²) in [6, 6.07) is 12.1. The molecule has 3 heterocycles. The lowest BCUT2D eigenvalue weighted by atomic mass is 10.1. The second kappa shape index (κ2) is 9.59. The molecule has 0 amide bonds. The molecule has 0 aliphatic carbocycles. The second-order valence-corrected chi connectivity index (χ2v) is 8.96. The lowest BCUT2D eigenvalue weighted by molar-refractivity contribution is 0.0600. The van der Waals surface area contributed by atoms with Crippen molar-refractivity contribution in [3.05, 3.63) is 42.0 Å². The van der Waals surface area contributed by atoms with Crippen molar-refractivity contribution in [2.75, 3.05) is 38.8 Å². The van der Waals surface area contributed by atoms with Crippen LogP contribution in [0.25, 0.3) is 33.5 Å². The normalized spacial score (nSPS) is 14.9. The fourth-order valence-electron chi connectivity index (χ4n) is 5.35. The van der Waals surface area contributed by atoms with Crippen LogP contribution in [-0.2, 0) is 11.3 Å². The molecule has 2 aromatic heterocycles. The van der Waals surface area contributed by atoms with Gasteiger partial charge >= 0.3 is 5.97 Å². The number of hydrogen-bond acceptors (Lipinski definition) is 6. The van der Waals surface area contributed by atoms with E-state index in [0.29, 0.717) is 23.4 Å². The number of ether oxygens (including phenoxy) is 2. The molecule has 1 atom stereocenters. The molecule has 8 nitrogen and oxygen atoms in total. The van der Waals surface area contributed by atoms with E-state index >= 15 is 0 Å². The van der Waals surface area contributed by atoms with Gasteiger partial charge in [0.2, 0.25) is 0 Å². The third-order valence-electron chi connectivity index (χ3n) is 6.96. The fraction of sp³-hybridized carbons (Fsp3) is 0.357. The zero-order valence-corrected chi connectivity index (χ0v) is 20.8. The van der Waals surface area contributed by atoms with Crippen LogP contribution >= 0.6 is 0 Å². The Hall–Kier alpha value is -3.96. The Balaban J connectivity index is 1.79. The van der Waals surface area contributed by atoms with E-state index in [1.165, 1.54) is 7.11 Å². The van der Waals surface area contributed by atoms with Crippen LogP contribution in [-0.4, -0.2) is 59.1 Å². The van der Waals surface area contributed by atoms with Crippen molar-refractivity contribution in [3.8, 4) is 29.6 Å². The number of carbonyl (C=O) groups excluding carboxylic acids is 1.